The summed E-state index contributed by atoms with van der Waals surface area (Å²) < 4.78 is 17.5. The number of likely N-dealkylation sites (N-methyl/N-ethyl adjacent to an activating group) is 1. The van der Waals surface area contributed by atoms with E-state index in [1.807, 2.05) is 84.9 Å². The molecule has 0 aliphatic heterocycles. The minimum absolute atomic E-state index is 0.297. The van der Waals surface area contributed by atoms with Crippen LogP contribution < -0.4 is 20.3 Å². The van der Waals surface area contributed by atoms with E-state index in [0.29, 0.717) is 56.3 Å². The van der Waals surface area contributed by atoms with Gasteiger partial charge in [-0.1, -0.05) is 100.0 Å². The Labute approximate surface area is 290 Å². The highest BCUT2D eigenvalue weighted by molar-refractivity contribution is 5.91. The summed E-state index contributed by atoms with van der Waals surface area (Å²) in [6.07, 6.45) is 2.17. The molecule has 0 heterocycles. The van der Waals surface area contributed by atoms with E-state index in [4.69, 9.17) is 19.0 Å². The number of hydrogen-bond donors (Lipinski definition) is 2. The number of ether oxygens (including phenoxy) is 3. The summed E-state index contributed by atoms with van der Waals surface area (Å²) in [5, 5.41) is 3.36. The number of unbranched alkanes of at least 4 members (excludes halogenated alkanes) is 1. The Morgan fingerprint density at radius 3 is 2.12 bits per heavy atom. The lowest BCUT2D eigenvalue weighted by Gasteiger charge is -2.20. The van der Waals surface area contributed by atoms with E-state index >= 15 is 0 Å². The second-order valence-electron chi connectivity index (χ2n) is 11.6. The Hall–Kier alpha value is -4.86. The first-order chi connectivity index (χ1) is 24.0. The predicted molar refractivity (Wildman–Crippen MR) is 193 cm³/mol. The second kappa shape index (κ2) is 20.5. The highest BCUT2D eigenvalue weighted by atomic mass is 16.7. The topological polar surface area (TPSA) is 98.4 Å². The van der Waals surface area contributed by atoms with Crippen molar-refractivity contribution in [2.75, 3.05) is 38.3 Å². The fourth-order valence-electron chi connectivity index (χ4n) is 5.02. The summed E-state index contributed by atoms with van der Waals surface area (Å²) in [5.41, 5.74) is 6.67. The number of benzene rings is 4. The van der Waals surface area contributed by atoms with Gasteiger partial charge < -0.3 is 23.9 Å². The zero-order chi connectivity index (χ0) is 34.7. The van der Waals surface area contributed by atoms with Crippen LogP contribution in [0.3, 0.4) is 0 Å². The largest absolute Gasteiger partial charge is 0.491 e. The van der Waals surface area contributed by atoms with E-state index in [1.165, 1.54) is 0 Å². The summed E-state index contributed by atoms with van der Waals surface area (Å²) in [4.78, 5) is 34.2. The van der Waals surface area contributed by atoms with E-state index in [9.17, 15) is 9.59 Å². The first-order valence-electron chi connectivity index (χ1n) is 17.1. The number of nitrogens with one attached hydrogen (secondary N) is 2. The monoisotopic (exact) mass is 667 g/mol. The number of anilines is 1. The third-order valence-electron chi connectivity index (χ3n) is 8.06. The van der Waals surface area contributed by atoms with Crippen LogP contribution >= 0.6 is 0 Å². The lowest BCUT2D eigenvalue weighted by Crippen LogP contribution is -2.40. The Balaban J connectivity index is 1.42. The maximum absolute atomic E-state index is 13.5. The van der Waals surface area contributed by atoms with Gasteiger partial charge in [0.25, 0.3) is 0 Å². The molecule has 0 spiro atoms. The molecule has 9 nitrogen and oxygen atoms in total. The van der Waals surface area contributed by atoms with Crippen LogP contribution in [0.5, 0.6) is 11.5 Å². The molecular weight excluding hydrogens is 618 g/mol. The minimum Gasteiger partial charge on any atom is -0.491 e. The Bertz CT molecular complexity index is 1550. The van der Waals surface area contributed by atoms with Crippen LogP contribution in [0.15, 0.2) is 103 Å². The van der Waals surface area contributed by atoms with Gasteiger partial charge in [-0.3, -0.25) is 5.32 Å². The summed E-state index contributed by atoms with van der Waals surface area (Å²) in [7, 11) is 0. The molecule has 4 aromatic carbocycles. The molecule has 0 radical (unpaired) electrons. The molecule has 0 bridgehead atoms. The Kier molecular flexibility index (Phi) is 15.5. The van der Waals surface area contributed by atoms with Crippen molar-refractivity contribution < 1.29 is 28.6 Å². The van der Waals surface area contributed by atoms with Crippen molar-refractivity contribution in [1.29, 1.82) is 0 Å². The van der Waals surface area contributed by atoms with Gasteiger partial charge in [-0.2, -0.15) is 0 Å². The lowest BCUT2D eigenvalue weighted by atomic mass is 10.1. The van der Waals surface area contributed by atoms with Gasteiger partial charge in [0.2, 0.25) is 0 Å². The number of carbonyl (C=O) groups is 2. The Morgan fingerprint density at radius 2 is 1.45 bits per heavy atom. The van der Waals surface area contributed by atoms with Gasteiger partial charge in [-0.15, -0.1) is 0 Å². The maximum Gasteiger partial charge on any atom is 0.349 e. The van der Waals surface area contributed by atoms with Crippen molar-refractivity contribution in [3.05, 3.63) is 125 Å². The lowest BCUT2D eigenvalue weighted by molar-refractivity contribution is -0.143. The number of carbonyl (C=O) groups excluding carboxylic acids is 2. The van der Waals surface area contributed by atoms with Gasteiger partial charge in [0, 0.05) is 13.1 Å². The fraction of sp³-hybridized carbons (Fsp3) is 0.350. The van der Waals surface area contributed by atoms with E-state index < -0.39 is 18.0 Å². The van der Waals surface area contributed by atoms with E-state index in [1.54, 1.807) is 18.2 Å². The van der Waals surface area contributed by atoms with Crippen LogP contribution in [-0.4, -0.2) is 55.7 Å². The SMILES string of the molecule is CCCCOc1cc(C(=O)OCCN(CC)CC)ccc1NOC(=O)[C@@H](Cc1ccc(OCc2ccccc2)cc1)NCc1ccccc1. The van der Waals surface area contributed by atoms with Crippen molar-refractivity contribution in [2.24, 2.45) is 0 Å². The number of esters is 1. The van der Waals surface area contributed by atoms with Crippen molar-refractivity contribution in [1.82, 2.24) is 10.2 Å². The van der Waals surface area contributed by atoms with Gasteiger partial charge in [-0.05, 0) is 73.0 Å². The summed E-state index contributed by atoms with van der Waals surface area (Å²) >= 11 is 0. The molecule has 0 unspecified atom stereocenters. The third kappa shape index (κ3) is 12.6. The van der Waals surface area contributed by atoms with Crippen LogP contribution in [0, 0.1) is 0 Å². The molecule has 0 saturated heterocycles. The van der Waals surface area contributed by atoms with Crippen molar-refractivity contribution in [3.63, 3.8) is 0 Å². The Morgan fingerprint density at radius 1 is 0.755 bits per heavy atom. The van der Waals surface area contributed by atoms with Crippen LogP contribution in [0.4, 0.5) is 5.69 Å². The number of nitrogens with zero attached hydrogens (tertiary/aromatic N) is 1. The summed E-state index contributed by atoms with van der Waals surface area (Å²) in [6, 6.07) is 31.9. The molecule has 260 valence electrons. The van der Waals surface area contributed by atoms with E-state index in [2.05, 4.69) is 36.5 Å². The second-order valence-corrected chi connectivity index (χ2v) is 11.6. The molecule has 0 amide bonds. The first-order valence-corrected chi connectivity index (χ1v) is 17.1. The minimum atomic E-state index is -0.659. The van der Waals surface area contributed by atoms with Gasteiger partial charge >= 0.3 is 11.9 Å². The first kappa shape index (κ1) is 37.0. The molecule has 4 aromatic rings. The van der Waals surface area contributed by atoms with Gasteiger partial charge in [0.1, 0.15) is 36.4 Å². The maximum atomic E-state index is 13.5. The molecule has 0 aromatic heterocycles. The number of hydrogen-bond acceptors (Lipinski definition) is 9. The van der Waals surface area contributed by atoms with E-state index in [0.717, 1.165) is 48.4 Å². The van der Waals surface area contributed by atoms with Crippen LogP contribution in [0.25, 0.3) is 0 Å². The molecule has 9 heteroatoms. The van der Waals surface area contributed by atoms with Gasteiger partial charge in [-0.25, -0.2) is 15.1 Å². The molecule has 0 saturated carbocycles. The third-order valence-corrected chi connectivity index (χ3v) is 8.06. The van der Waals surface area contributed by atoms with Crippen LogP contribution in [0.2, 0.25) is 0 Å². The van der Waals surface area contributed by atoms with Crippen molar-refractivity contribution in [2.45, 2.75) is 59.2 Å². The number of rotatable bonds is 21. The van der Waals surface area contributed by atoms with Crippen LogP contribution in [0.1, 0.15) is 60.7 Å². The zero-order valence-corrected chi connectivity index (χ0v) is 28.9. The fourth-order valence-corrected chi connectivity index (χ4v) is 5.02. The van der Waals surface area contributed by atoms with Crippen LogP contribution in [-0.2, 0) is 33.9 Å². The van der Waals surface area contributed by atoms with Gasteiger partial charge in [0.05, 0.1) is 12.2 Å². The average Bonchev–Trinajstić information content (AvgIpc) is 3.14. The molecule has 0 aliphatic rings. The molecule has 2 N–H and O–H groups in total. The van der Waals surface area contributed by atoms with E-state index in [-0.39, 0.29) is 0 Å². The van der Waals surface area contributed by atoms with Crippen molar-refractivity contribution in [3.8, 4) is 11.5 Å². The van der Waals surface area contributed by atoms with Crippen molar-refractivity contribution >= 4 is 17.6 Å². The summed E-state index contributed by atoms with van der Waals surface area (Å²) in [5.74, 6) is 0.231. The smallest absolute Gasteiger partial charge is 0.349 e. The molecule has 49 heavy (non-hydrogen) atoms. The zero-order valence-electron chi connectivity index (χ0n) is 28.9. The average molecular weight is 668 g/mol. The quantitative estimate of drug-likeness (QED) is 0.0543. The molecule has 4 rings (SSSR count). The predicted octanol–water partition coefficient (Wildman–Crippen LogP) is 7.21. The standard InChI is InChI=1S/C40H49N3O6/c1-4-7-25-46-38-28-34(39(44)47-26-24-43(5-2)6-3)20-23-36(38)42-49-40(45)37(41-29-32-14-10-8-11-15-32)27-31-18-21-35(22-19-31)48-30-33-16-12-9-13-17-33/h8-23,28,37,41-42H,4-7,24-27,29-30H2,1-3H3/t37-/m1/s1. The highest BCUT2D eigenvalue weighted by Gasteiger charge is 2.22. The molecular formula is C40H49N3O6. The van der Waals surface area contributed by atoms with Gasteiger partial charge in [0.15, 0.2) is 0 Å². The molecule has 1 atom stereocenters. The summed E-state index contributed by atoms with van der Waals surface area (Å²) in [6.45, 7) is 10.4. The molecule has 0 fully saturated rings. The highest BCUT2D eigenvalue weighted by Crippen LogP contribution is 2.27. The normalized spacial score (nSPS) is 11.5. The molecule has 0 aliphatic carbocycles.